The third-order valence-corrected chi connectivity index (χ3v) is 3.22. The maximum Gasteiger partial charge on any atom is 0.180 e. The maximum atomic E-state index is 4.66. The molecule has 0 bridgehead atoms. The van der Waals surface area contributed by atoms with Crippen molar-refractivity contribution in [3.05, 3.63) is 67.3 Å². The van der Waals surface area contributed by atoms with E-state index in [9.17, 15) is 0 Å². The topological polar surface area (TPSA) is 56.0 Å². The summed E-state index contributed by atoms with van der Waals surface area (Å²) in [6.07, 6.45) is 7.18. The second kappa shape index (κ2) is 4.79. The van der Waals surface area contributed by atoms with Gasteiger partial charge in [0.15, 0.2) is 5.82 Å². The third-order valence-electron chi connectivity index (χ3n) is 3.22. The van der Waals surface area contributed by atoms with Gasteiger partial charge in [-0.2, -0.15) is 0 Å². The first-order valence-corrected chi connectivity index (χ1v) is 6.59. The van der Waals surface area contributed by atoms with Crippen LogP contribution in [0.4, 0.5) is 0 Å². The average Bonchev–Trinajstić information content (AvgIpc) is 2.96. The van der Waals surface area contributed by atoms with Crippen LogP contribution in [-0.4, -0.2) is 24.3 Å². The molecule has 0 radical (unpaired) electrons. The van der Waals surface area contributed by atoms with Crippen molar-refractivity contribution in [1.29, 1.82) is 0 Å². The smallest absolute Gasteiger partial charge is 0.180 e. The Morgan fingerprint density at radius 3 is 2.38 bits per heavy atom. The number of pyridine rings is 2. The lowest BCUT2D eigenvalue weighted by Gasteiger charge is -2.03. The van der Waals surface area contributed by atoms with E-state index in [1.807, 2.05) is 47.0 Å². The standard InChI is InChI=1S/C16H11N5/c1-3-8-17-12(6-1)15-14(16-18-9-5-10-19-16)20-13-7-2-4-11-21(13)15/h1-11H. The minimum absolute atomic E-state index is 0.599. The van der Waals surface area contributed by atoms with Crippen LogP contribution in [0.15, 0.2) is 67.3 Å². The molecule has 0 atom stereocenters. The summed E-state index contributed by atoms with van der Waals surface area (Å²) >= 11 is 0. The Kier molecular flexibility index (Phi) is 2.67. The monoisotopic (exact) mass is 273 g/mol. The van der Waals surface area contributed by atoms with Crippen LogP contribution in [0.2, 0.25) is 0 Å². The fraction of sp³-hybridized carbons (Fsp3) is 0. The van der Waals surface area contributed by atoms with Crippen molar-refractivity contribution in [2.45, 2.75) is 0 Å². The molecule has 4 aromatic rings. The van der Waals surface area contributed by atoms with Crippen molar-refractivity contribution < 1.29 is 0 Å². The van der Waals surface area contributed by atoms with E-state index in [1.54, 1.807) is 24.7 Å². The average molecular weight is 273 g/mol. The van der Waals surface area contributed by atoms with Gasteiger partial charge in [-0.25, -0.2) is 15.0 Å². The highest BCUT2D eigenvalue weighted by Gasteiger charge is 2.17. The van der Waals surface area contributed by atoms with E-state index in [0.29, 0.717) is 5.82 Å². The number of rotatable bonds is 2. The molecular weight excluding hydrogens is 262 g/mol. The maximum absolute atomic E-state index is 4.66. The number of fused-ring (bicyclic) bond motifs is 1. The molecule has 5 heteroatoms. The van der Waals surface area contributed by atoms with Gasteiger partial charge in [0.1, 0.15) is 17.0 Å². The first-order valence-electron chi connectivity index (χ1n) is 6.59. The van der Waals surface area contributed by atoms with Crippen LogP contribution in [0.3, 0.4) is 0 Å². The van der Waals surface area contributed by atoms with Crippen LogP contribution in [0, 0.1) is 0 Å². The molecule has 0 aromatic carbocycles. The van der Waals surface area contributed by atoms with Crippen LogP contribution in [0.1, 0.15) is 0 Å². The van der Waals surface area contributed by atoms with E-state index in [-0.39, 0.29) is 0 Å². The van der Waals surface area contributed by atoms with Crippen LogP contribution >= 0.6 is 0 Å². The predicted molar refractivity (Wildman–Crippen MR) is 79.4 cm³/mol. The number of nitrogens with zero attached hydrogens (tertiary/aromatic N) is 5. The van der Waals surface area contributed by atoms with Gasteiger partial charge in [-0.3, -0.25) is 9.38 Å². The molecule has 0 N–H and O–H groups in total. The minimum atomic E-state index is 0.599. The minimum Gasteiger partial charge on any atom is -0.298 e. The van der Waals surface area contributed by atoms with Crippen molar-refractivity contribution in [2.24, 2.45) is 0 Å². The third kappa shape index (κ3) is 1.95. The molecule has 0 unspecified atom stereocenters. The molecule has 0 aliphatic rings. The van der Waals surface area contributed by atoms with Gasteiger partial charge in [0.25, 0.3) is 0 Å². The molecule has 0 aliphatic carbocycles. The molecule has 5 nitrogen and oxygen atoms in total. The van der Waals surface area contributed by atoms with E-state index >= 15 is 0 Å². The molecule has 0 fully saturated rings. The Bertz CT molecular complexity index is 884. The van der Waals surface area contributed by atoms with Gasteiger partial charge in [-0.15, -0.1) is 0 Å². The molecule has 4 rings (SSSR count). The highest BCUT2D eigenvalue weighted by Crippen LogP contribution is 2.29. The summed E-state index contributed by atoms with van der Waals surface area (Å²) in [5.41, 5.74) is 3.33. The fourth-order valence-electron chi connectivity index (χ4n) is 2.32. The number of aromatic nitrogens is 5. The first-order chi connectivity index (χ1) is 10.4. The molecule has 100 valence electrons. The highest BCUT2D eigenvalue weighted by atomic mass is 15.1. The number of hydrogen-bond acceptors (Lipinski definition) is 4. The van der Waals surface area contributed by atoms with Gasteiger partial charge in [-0.1, -0.05) is 12.1 Å². The van der Waals surface area contributed by atoms with Crippen molar-refractivity contribution in [1.82, 2.24) is 24.3 Å². The summed E-state index contributed by atoms with van der Waals surface area (Å²) in [6, 6.07) is 13.5. The predicted octanol–water partition coefficient (Wildman–Crippen LogP) is 2.85. The molecule has 4 aromatic heterocycles. The van der Waals surface area contributed by atoms with Gasteiger partial charge in [0, 0.05) is 24.8 Å². The first kappa shape index (κ1) is 11.7. The molecule has 0 spiro atoms. The molecule has 21 heavy (non-hydrogen) atoms. The lowest BCUT2D eigenvalue weighted by molar-refractivity contribution is 1.15. The fourth-order valence-corrected chi connectivity index (χ4v) is 2.32. The lowest BCUT2D eigenvalue weighted by Crippen LogP contribution is -1.93. The zero-order valence-electron chi connectivity index (χ0n) is 11.1. The normalized spacial score (nSPS) is 10.9. The van der Waals surface area contributed by atoms with Gasteiger partial charge in [0.05, 0.1) is 5.69 Å². The quantitative estimate of drug-likeness (QED) is 0.563. The highest BCUT2D eigenvalue weighted by molar-refractivity contribution is 5.77. The summed E-state index contributed by atoms with van der Waals surface area (Å²) < 4.78 is 2.01. The Balaban J connectivity index is 2.07. The van der Waals surface area contributed by atoms with Crippen molar-refractivity contribution in [3.63, 3.8) is 0 Å². The zero-order chi connectivity index (χ0) is 14.1. The molecule has 4 heterocycles. The van der Waals surface area contributed by atoms with Crippen molar-refractivity contribution in [3.8, 4) is 22.9 Å². The van der Waals surface area contributed by atoms with E-state index in [2.05, 4.69) is 19.9 Å². The molecule has 0 saturated carbocycles. The van der Waals surface area contributed by atoms with E-state index in [4.69, 9.17) is 0 Å². The summed E-state index contributed by atoms with van der Waals surface area (Å²) in [6.45, 7) is 0. The van der Waals surface area contributed by atoms with Gasteiger partial charge in [-0.05, 0) is 30.3 Å². The lowest BCUT2D eigenvalue weighted by atomic mass is 10.2. The van der Waals surface area contributed by atoms with E-state index in [1.165, 1.54) is 0 Å². The van der Waals surface area contributed by atoms with Crippen molar-refractivity contribution >= 4 is 5.65 Å². The van der Waals surface area contributed by atoms with Crippen LogP contribution in [-0.2, 0) is 0 Å². The Labute approximate surface area is 121 Å². The number of hydrogen-bond donors (Lipinski definition) is 0. The Morgan fingerprint density at radius 2 is 1.57 bits per heavy atom. The van der Waals surface area contributed by atoms with Crippen LogP contribution in [0.25, 0.3) is 28.6 Å². The summed E-state index contributed by atoms with van der Waals surface area (Å²) in [7, 11) is 0. The van der Waals surface area contributed by atoms with Crippen LogP contribution < -0.4 is 0 Å². The summed E-state index contributed by atoms with van der Waals surface area (Å²) in [5.74, 6) is 0.599. The van der Waals surface area contributed by atoms with Crippen molar-refractivity contribution in [2.75, 3.05) is 0 Å². The number of imidazole rings is 1. The summed E-state index contributed by atoms with van der Waals surface area (Å²) in [5, 5.41) is 0. The Hall–Kier alpha value is -3.08. The largest absolute Gasteiger partial charge is 0.298 e. The molecule has 0 saturated heterocycles. The Morgan fingerprint density at radius 1 is 0.762 bits per heavy atom. The molecular formula is C16H11N5. The molecule has 0 aliphatic heterocycles. The molecule has 0 amide bonds. The van der Waals surface area contributed by atoms with Crippen LogP contribution in [0.5, 0.6) is 0 Å². The van der Waals surface area contributed by atoms with E-state index < -0.39 is 0 Å². The van der Waals surface area contributed by atoms with Gasteiger partial charge >= 0.3 is 0 Å². The SMILES string of the molecule is c1ccc(-c2c(-c3ncccn3)nc3ccccn23)nc1. The second-order valence-corrected chi connectivity index (χ2v) is 4.53. The van der Waals surface area contributed by atoms with E-state index in [0.717, 1.165) is 22.7 Å². The second-order valence-electron chi connectivity index (χ2n) is 4.53. The van der Waals surface area contributed by atoms with Gasteiger partial charge in [0.2, 0.25) is 0 Å². The summed E-state index contributed by atoms with van der Waals surface area (Å²) in [4.78, 5) is 17.7. The zero-order valence-corrected chi connectivity index (χ0v) is 11.1. The van der Waals surface area contributed by atoms with Gasteiger partial charge < -0.3 is 0 Å².